The first kappa shape index (κ1) is 15.1. The predicted molar refractivity (Wildman–Crippen MR) is 79.3 cm³/mol. The van der Waals surface area contributed by atoms with Gasteiger partial charge in [-0.2, -0.15) is 0 Å². The molecule has 112 valence electrons. The highest BCUT2D eigenvalue weighted by molar-refractivity contribution is 6.20. The second-order valence-corrected chi connectivity index (χ2v) is 5.58. The lowest BCUT2D eigenvalue weighted by molar-refractivity contribution is -0.123. The summed E-state index contributed by atoms with van der Waals surface area (Å²) in [5.74, 6) is -0.896. The van der Waals surface area contributed by atoms with E-state index in [0.29, 0.717) is 18.9 Å². The number of hydrogen-bond donors (Lipinski definition) is 3. The molecule has 1 atom stereocenters. The minimum absolute atomic E-state index is 0.153. The highest BCUT2D eigenvalue weighted by atomic mass is 16.3. The van der Waals surface area contributed by atoms with Gasteiger partial charge >= 0.3 is 0 Å². The van der Waals surface area contributed by atoms with Crippen molar-refractivity contribution in [2.24, 2.45) is 5.92 Å². The molecule has 0 spiro atoms. The molecule has 21 heavy (non-hydrogen) atoms. The van der Waals surface area contributed by atoms with Crippen LogP contribution < -0.4 is 10.6 Å². The molecule has 1 unspecified atom stereocenters. The first-order valence-electron chi connectivity index (χ1n) is 7.05. The third-order valence-electron chi connectivity index (χ3n) is 3.35. The highest BCUT2D eigenvalue weighted by Gasteiger charge is 2.35. The third-order valence-corrected chi connectivity index (χ3v) is 3.35. The fourth-order valence-electron chi connectivity index (χ4n) is 2.32. The SMILES string of the molecule is CC(C)CC1NC(=O)C(C(=O)NCc2ccccc2)=C1O. The number of rotatable bonds is 5. The van der Waals surface area contributed by atoms with Crippen molar-refractivity contribution in [1.29, 1.82) is 0 Å². The predicted octanol–water partition coefficient (Wildman–Crippen LogP) is 1.66. The average molecular weight is 288 g/mol. The summed E-state index contributed by atoms with van der Waals surface area (Å²) in [6.07, 6.45) is 0.604. The molecule has 0 radical (unpaired) electrons. The Morgan fingerprint density at radius 1 is 1.33 bits per heavy atom. The van der Waals surface area contributed by atoms with Gasteiger partial charge in [0.2, 0.25) is 0 Å². The molecule has 0 saturated heterocycles. The number of aliphatic hydroxyl groups excluding tert-OH is 1. The van der Waals surface area contributed by atoms with Gasteiger partial charge < -0.3 is 15.7 Å². The van der Waals surface area contributed by atoms with Crippen molar-refractivity contribution < 1.29 is 14.7 Å². The standard InChI is InChI=1S/C16H20N2O3/c1-10(2)8-12-14(19)13(16(21)18-12)15(20)17-9-11-6-4-3-5-7-11/h3-7,10,12,19H,8-9H2,1-2H3,(H,17,20)(H,18,21). The topological polar surface area (TPSA) is 78.4 Å². The largest absolute Gasteiger partial charge is 0.509 e. The quantitative estimate of drug-likeness (QED) is 0.721. The highest BCUT2D eigenvalue weighted by Crippen LogP contribution is 2.20. The van der Waals surface area contributed by atoms with E-state index in [4.69, 9.17) is 0 Å². The van der Waals surface area contributed by atoms with Crippen molar-refractivity contribution in [1.82, 2.24) is 10.6 Å². The molecule has 5 nitrogen and oxygen atoms in total. The summed E-state index contributed by atoms with van der Waals surface area (Å²) in [4.78, 5) is 23.9. The lowest BCUT2D eigenvalue weighted by atomic mass is 10.0. The van der Waals surface area contributed by atoms with Crippen LogP contribution in [0.2, 0.25) is 0 Å². The van der Waals surface area contributed by atoms with Crippen LogP contribution in [0.15, 0.2) is 41.7 Å². The van der Waals surface area contributed by atoms with E-state index in [0.717, 1.165) is 5.56 Å². The maximum atomic E-state index is 12.1. The van der Waals surface area contributed by atoms with Crippen LogP contribution in [0, 0.1) is 5.92 Å². The second kappa shape index (κ2) is 6.43. The Morgan fingerprint density at radius 3 is 2.62 bits per heavy atom. The van der Waals surface area contributed by atoms with Crippen LogP contribution in [0.1, 0.15) is 25.8 Å². The number of carbonyl (C=O) groups excluding carboxylic acids is 2. The summed E-state index contributed by atoms with van der Waals surface area (Å²) in [5.41, 5.74) is 0.764. The summed E-state index contributed by atoms with van der Waals surface area (Å²) < 4.78 is 0. The molecule has 0 saturated carbocycles. The van der Waals surface area contributed by atoms with E-state index in [9.17, 15) is 14.7 Å². The van der Waals surface area contributed by atoms with E-state index in [1.54, 1.807) is 0 Å². The van der Waals surface area contributed by atoms with Gasteiger partial charge in [-0.05, 0) is 17.9 Å². The molecule has 0 aromatic heterocycles. The van der Waals surface area contributed by atoms with Gasteiger partial charge in [-0.1, -0.05) is 44.2 Å². The first-order valence-corrected chi connectivity index (χ1v) is 7.05. The zero-order chi connectivity index (χ0) is 15.4. The van der Waals surface area contributed by atoms with Gasteiger partial charge in [0, 0.05) is 6.54 Å². The summed E-state index contributed by atoms with van der Waals surface area (Å²) in [6.45, 7) is 4.30. The fraction of sp³-hybridized carbons (Fsp3) is 0.375. The molecule has 3 N–H and O–H groups in total. The van der Waals surface area contributed by atoms with E-state index in [1.807, 2.05) is 44.2 Å². The maximum absolute atomic E-state index is 12.1. The number of benzene rings is 1. The Hall–Kier alpha value is -2.30. The van der Waals surface area contributed by atoms with Gasteiger partial charge in [0.1, 0.15) is 11.3 Å². The van der Waals surface area contributed by atoms with Crippen molar-refractivity contribution in [3.8, 4) is 0 Å². The molecular weight excluding hydrogens is 268 g/mol. The zero-order valence-corrected chi connectivity index (χ0v) is 12.2. The number of carbonyl (C=O) groups is 2. The molecule has 5 heteroatoms. The van der Waals surface area contributed by atoms with E-state index in [1.165, 1.54) is 0 Å². The molecule has 0 bridgehead atoms. The zero-order valence-electron chi connectivity index (χ0n) is 12.2. The molecule has 1 heterocycles. The van der Waals surface area contributed by atoms with Crippen molar-refractivity contribution in [3.05, 3.63) is 47.2 Å². The summed E-state index contributed by atoms with van der Waals surface area (Å²) >= 11 is 0. The van der Waals surface area contributed by atoms with Crippen molar-refractivity contribution >= 4 is 11.8 Å². The summed E-state index contributed by atoms with van der Waals surface area (Å²) in [5, 5.41) is 15.4. The van der Waals surface area contributed by atoms with E-state index in [-0.39, 0.29) is 11.3 Å². The Morgan fingerprint density at radius 2 is 2.00 bits per heavy atom. The van der Waals surface area contributed by atoms with Crippen LogP contribution in [-0.4, -0.2) is 23.0 Å². The Bertz CT molecular complexity index is 564. The second-order valence-electron chi connectivity index (χ2n) is 5.58. The van der Waals surface area contributed by atoms with Crippen LogP contribution in [0.3, 0.4) is 0 Å². The molecule has 1 aromatic carbocycles. The Kier molecular flexibility index (Phi) is 4.62. The fourth-order valence-corrected chi connectivity index (χ4v) is 2.32. The minimum Gasteiger partial charge on any atom is -0.509 e. The molecule has 1 aromatic rings. The number of hydrogen-bond acceptors (Lipinski definition) is 3. The number of aliphatic hydroxyl groups is 1. The van der Waals surface area contributed by atoms with Gasteiger partial charge in [-0.3, -0.25) is 9.59 Å². The molecule has 1 aliphatic rings. The molecule has 0 fully saturated rings. The first-order chi connectivity index (χ1) is 9.99. The monoisotopic (exact) mass is 288 g/mol. The average Bonchev–Trinajstić information content (AvgIpc) is 2.71. The molecule has 1 aliphatic heterocycles. The van der Waals surface area contributed by atoms with E-state index < -0.39 is 17.9 Å². The lowest BCUT2D eigenvalue weighted by Gasteiger charge is -2.12. The van der Waals surface area contributed by atoms with Crippen LogP contribution >= 0.6 is 0 Å². The molecule has 2 rings (SSSR count). The van der Waals surface area contributed by atoms with Gasteiger partial charge in [-0.15, -0.1) is 0 Å². The van der Waals surface area contributed by atoms with Crippen molar-refractivity contribution in [3.63, 3.8) is 0 Å². The van der Waals surface area contributed by atoms with Gasteiger partial charge in [0.05, 0.1) is 6.04 Å². The normalized spacial score (nSPS) is 18.0. The van der Waals surface area contributed by atoms with Crippen molar-refractivity contribution in [2.75, 3.05) is 0 Å². The Labute approximate surface area is 124 Å². The van der Waals surface area contributed by atoms with E-state index >= 15 is 0 Å². The number of amides is 2. The van der Waals surface area contributed by atoms with Crippen LogP contribution in [0.25, 0.3) is 0 Å². The maximum Gasteiger partial charge on any atom is 0.261 e. The lowest BCUT2D eigenvalue weighted by Crippen LogP contribution is -2.32. The summed E-state index contributed by atoms with van der Waals surface area (Å²) in [6, 6.07) is 8.93. The molecule has 2 amide bonds. The molecular formula is C16H20N2O3. The Balaban J connectivity index is 2.03. The summed E-state index contributed by atoms with van der Waals surface area (Å²) in [7, 11) is 0. The third kappa shape index (κ3) is 3.62. The minimum atomic E-state index is -0.542. The molecule has 0 aliphatic carbocycles. The van der Waals surface area contributed by atoms with Crippen molar-refractivity contribution in [2.45, 2.75) is 32.9 Å². The smallest absolute Gasteiger partial charge is 0.261 e. The van der Waals surface area contributed by atoms with Gasteiger partial charge in [0.15, 0.2) is 0 Å². The van der Waals surface area contributed by atoms with E-state index in [2.05, 4.69) is 10.6 Å². The van der Waals surface area contributed by atoms with Crippen LogP contribution in [0.4, 0.5) is 0 Å². The van der Waals surface area contributed by atoms with Crippen LogP contribution in [-0.2, 0) is 16.1 Å². The van der Waals surface area contributed by atoms with Crippen LogP contribution in [0.5, 0.6) is 0 Å². The number of nitrogens with one attached hydrogen (secondary N) is 2. The van der Waals surface area contributed by atoms with Gasteiger partial charge in [0.25, 0.3) is 11.8 Å². The van der Waals surface area contributed by atoms with Gasteiger partial charge in [-0.25, -0.2) is 0 Å².